The van der Waals surface area contributed by atoms with E-state index in [1.165, 1.54) is 0 Å². The molecule has 0 aliphatic carbocycles. The highest BCUT2D eigenvalue weighted by Gasteiger charge is 2.11. The second kappa shape index (κ2) is 8.89. The molecule has 0 unspecified atom stereocenters. The number of ether oxygens (including phenoxy) is 2. The maximum Gasteiger partial charge on any atom is 0.161 e. The van der Waals surface area contributed by atoms with Gasteiger partial charge < -0.3 is 14.8 Å². The van der Waals surface area contributed by atoms with Gasteiger partial charge in [0.05, 0.1) is 18.1 Å². The van der Waals surface area contributed by atoms with Crippen LogP contribution in [0.3, 0.4) is 0 Å². The maximum atomic E-state index is 11.7. The van der Waals surface area contributed by atoms with Crippen LogP contribution >= 0.6 is 0 Å². The van der Waals surface area contributed by atoms with Crippen molar-refractivity contribution in [2.45, 2.75) is 26.8 Å². The largest absolute Gasteiger partial charge is 0.490 e. The highest BCUT2D eigenvalue weighted by molar-refractivity contribution is 7.91. The highest BCUT2D eigenvalue weighted by atomic mass is 32.2. The highest BCUT2D eigenvalue weighted by Crippen LogP contribution is 2.28. The van der Waals surface area contributed by atoms with E-state index in [0.29, 0.717) is 24.5 Å². The first kappa shape index (κ1) is 17.8. The summed E-state index contributed by atoms with van der Waals surface area (Å²) in [6.45, 7) is 5.18. The molecule has 0 fully saturated rings. The second-order valence-corrected chi connectivity index (χ2v) is 7.05. The molecule has 0 saturated carbocycles. The molecule has 0 bridgehead atoms. The molecular formula is C15H25NO4S. The van der Waals surface area contributed by atoms with E-state index in [1.807, 2.05) is 39.1 Å². The van der Waals surface area contributed by atoms with Gasteiger partial charge in [-0.3, -0.25) is 0 Å². The Bertz CT molecular complexity index is 528. The third-order valence-electron chi connectivity index (χ3n) is 2.86. The van der Waals surface area contributed by atoms with Crippen LogP contribution in [0.4, 0.5) is 0 Å². The van der Waals surface area contributed by atoms with Gasteiger partial charge >= 0.3 is 0 Å². The van der Waals surface area contributed by atoms with Crippen LogP contribution in [-0.4, -0.2) is 40.2 Å². The summed E-state index contributed by atoms with van der Waals surface area (Å²) in [5, 5.41) is 3.07. The first-order valence-corrected chi connectivity index (χ1v) is 9.08. The van der Waals surface area contributed by atoms with Crippen molar-refractivity contribution in [3.05, 3.63) is 23.8 Å². The van der Waals surface area contributed by atoms with Gasteiger partial charge in [-0.2, -0.15) is 0 Å². The molecule has 0 aromatic heterocycles. The van der Waals surface area contributed by atoms with Gasteiger partial charge in [0.1, 0.15) is 6.61 Å². The van der Waals surface area contributed by atoms with Gasteiger partial charge in [0, 0.05) is 6.54 Å². The van der Waals surface area contributed by atoms with E-state index in [0.717, 1.165) is 12.1 Å². The Kier molecular flexibility index (Phi) is 7.53. The van der Waals surface area contributed by atoms with Gasteiger partial charge in [-0.1, -0.05) is 13.0 Å². The maximum absolute atomic E-state index is 11.7. The SMILES string of the molecule is CCCS(=O)(=O)CCOc1ccc(CNC)cc1OCC. The quantitative estimate of drug-likeness (QED) is 0.715. The molecule has 120 valence electrons. The van der Waals surface area contributed by atoms with Gasteiger partial charge in [-0.15, -0.1) is 0 Å². The van der Waals surface area contributed by atoms with Gasteiger partial charge in [0.2, 0.25) is 0 Å². The van der Waals surface area contributed by atoms with Crippen LogP contribution in [0, 0.1) is 0 Å². The van der Waals surface area contributed by atoms with Crippen LogP contribution in [0.5, 0.6) is 11.5 Å². The minimum Gasteiger partial charge on any atom is -0.490 e. The van der Waals surface area contributed by atoms with Gasteiger partial charge in [0.25, 0.3) is 0 Å². The molecule has 1 aromatic carbocycles. The first-order valence-electron chi connectivity index (χ1n) is 7.26. The lowest BCUT2D eigenvalue weighted by atomic mass is 10.2. The lowest BCUT2D eigenvalue weighted by Gasteiger charge is -2.13. The molecule has 0 spiro atoms. The summed E-state index contributed by atoms with van der Waals surface area (Å²) in [5.41, 5.74) is 1.09. The zero-order valence-electron chi connectivity index (χ0n) is 13.0. The number of hydrogen-bond acceptors (Lipinski definition) is 5. The number of sulfone groups is 1. The Hall–Kier alpha value is -1.27. The Labute approximate surface area is 127 Å². The van der Waals surface area contributed by atoms with E-state index < -0.39 is 9.84 Å². The second-order valence-electron chi connectivity index (χ2n) is 4.74. The van der Waals surface area contributed by atoms with Crippen molar-refractivity contribution in [2.75, 3.05) is 31.8 Å². The summed E-state index contributed by atoms with van der Waals surface area (Å²) in [4.78, 5) is 0. The van der Waals surface area contributed by atoms with Crippen LogP contribution < -0.4 is 14.8 Å². The van der Waals surface area contributed by atoms with Crippen molar-refractivity contribution in [1.82, 2.24) is 5.32 Å². The summed E-state index contributed by atoms with van der Waals surface area (Å²) < 4.78 is 34.4. The minimum absolute atomic E-state index is 0.0324. The summed E-state index contributed by atoms with van der Waals surface area (Å²) in [6.07, 6.45) is 0.630. The molecule has 21 heavy (non-hydrogen) atoms. The van der Waals surface area contributed by atoms with Crippen molar-refractivity contribution < 1.29 is 17.9 Å². The number of benzene rings is 1. The molecule has 5 nitrogen and oxygen atoms in total. The predicted molar refractivity (Wildman–Crippen MR) is 84.8 cm³/mol. The fourth-order valence-electron chi connectivity index (χ4n) is 1.95. The van der Waals surface area contributed by atoms with Crippen molar-refractivity contribution in [2.24, 2.45) is 0 Å². The Morgan fingerprint density at radius 1 is 1.10 bits per heavy atom. The third-order valence-corrected chi connectivity index (χ3v) is 4.67. The third kappa shape index (κ3) is 6.35. The summed E-state index contributed by atoms with van der Waals surface area (Å²) in [5.74, 6) is 1.47. The predicted octanol–water partition coefficient (Wildman–Crippen LogP) is 2.01. The van der Waals surface area contributed by atoms with Crippen molar-refractivity contribution >= 4 is 9.84 Å². The molecule has 0 saturated heterocycles. The average Bonchev–Trinajstić information content (AvgIpc) is 2.41. The normalized spacial score (nSPS) is 11.4. The first-order chi connectivity index (χ1) is 10.0. The number of rotatable bonds is 10. The Morgan fingerprint density at radius 3 is 2.48 bits per heavy atom. The van der Waals surface area contributed by atoms with Gasteiger partial charge in [0.15, 0.2) is 21.3 Å². The standard InChI is InChI=1S/C15H25NO4S/c1-4-9-21(17,18)10-8-20-14-7-6-13(12-16-3)11-15(14)19-5-2/h6-7,11,16H,4-5,8-10,12H2,1-3H3. The zero-order valence-corrected chi connectivity index (χ0v) is 13.8. The topological polar surface area (TPSA) is 64.6 Å². The molecule has 0 amide bonds. The van der Waals surface area contributed by atoms with Crippen LogP contribution in [-0.2, 0) is 16.4 Å². The summed E-state index contributed by atoms with van der Waals surface area (Å²) >= 11 is 0. The minimum atomic E-state index is -3.02. The van der Waals surface area contributed by atoms with E-state index in [9.17, 15) is 8.42 Å². The van der Waals surface area contributed by atoms with E-state index >= 15 is 0 Å². The Balaban J connectivity index is 2.69. The van der Waals surface area contributed by atoms with E-state index in [4.69, 9.17) is 9.47 Å². The zero-order chi connectivity index (χ0) is 15.7. The lowest BCUT2D eigenvalue weighted by Crippen LogP contribution is -2.17. The molecule has 6 heteroatoms. The van der Waals surface area contributed by atoms with Crippen molar-refractivity contribution in [3.63, 3.8) is 0 Å². The van der Waals surface area contributed by atoms with E-state index in [-0.39, 0.29) is 18.1 Å². The fraction of sp³-hybridized carbons (Fsp3) is 0.600. The summed E-state index contributed by atoms with van der Waals surface area (Å²) in [6, 6.07) is 5.68. The van der Waals surface area contributed by atoms with Crippen LogP contribution in [0.25, 0.3) is 0 Å². The van der Waals surface area contributed by atoms with Gasteiger partial charge in [-0.25, -0.2) is 8.42 Å². The molecule has 1 aromatic rings. The van der Waals surface area contributed by atoms with Gasteiger partial charge in [-0.05, 0) is 38.1 Å². The fourth-order valence-corrected chi connectivity index (χ4v) is 3.11. The molecule has 0 heterocycles. The molecular weight excluding hydrogens is 290 g/mol. The van der Waals surface area contributed by atoms with Crippen LogP contribution in [0.2, 0.25) is 0 Å². The molecule has 0 aliphatic heterocycles. The monoisotopic (exact) mass is 315 g/mol. The van der Waals surface area contributed by atoms with E-state index in [2.05, 4.69) is 5.32 Å². The number of nitrogens with one attached hydrogen (secondary N) is 1. The van der Waals surface area contributed by atoms with Crippen LogP contribution in [0.1, 0.15) is 25.8 Å². The number of hydrogen-bond donors (Lipinski definition) is 1. The molecule has 0 atom stereocenters. The Morgan fingerprint density at radius 2 is 1.86 bits per heavy atom. The van der Waals surface area contributed by atoms with E-state index in [1.54, 1.807) is 0 Å². The molecule has 1 N–H and O–H groups in total. The van der Waals surface area contributed by atoms with Crippen molar-refractivity contribution in [1.29, 1.82) is 0 Å². The molecule has 1 rings (SSSR count). The molecule has 0 aliphatic rings. The van der Waals surface area contributed by atoms with Crippen molar-refractivity contribution in [3.8, 4) is 11.5 Å². The summed E-state index contributed by atoms with van der Waals surface area (Å²) in [7, 11) is -1.14. The lowest BCUT2D eigenvalue weighted by molar-refractivity contribution is 0.288. The molecule has 0 radical (unpaired) electrons. The van der Waals surface area contributed by atoms with Crippen LogP contribution in [0.15, 0.2) is 18.2 Å². The smallest absolute Gasteiger partial charge is 0.161 e. The average molecular weight is 315 g/mol.